The van der Waals surface area contributed by atoms with Crippen molar-refractivity contribution in [3.8, 4) is 0 Å². The SMILES string of the molecule is COC1C[C@H](O)[C@H](SC)[C@@H](C)O1. The zero-order valence-corrected chi connectivity index (χ0v) is 8.50. The highest BCUT2D eigenvalue weighted by molar-refractivity contribution is 7.99. The second-order valence-electron chi connectivity index (χ2n) is 3.01. The second kappa shape index (κ2) is 4.46. The topological polar surface area (TPSA) is 38.7 Å². The molecule has 1 heterocycles. The first-order valence-electron chi connectivity index (χ1n) is 4.08. The molecule has 12 heavy (non-hydrogen) atoms. The van der Waals surface area contributed by atoms with Crippen LogP contribution < -0.4 is 0 Å². The third-order valence-corrected chi connectivity index (χ3v) is 3.42. The van der Waals surface area contributed by atoms with Crippen LogP contribution in [0.3, 0.4) is 0 Å². The summed E-state index contributed by atoms with van der Waals surface area (Å²) in [7, 11) is 1.60. The van der Waals surface area contributed by atoms with Crippen LogP contribution in [0.1, 0.15) is 13.3 Å². The molecule has 1 aliphatic heterocycles. The average molecular weight is 192 g/mol. The summed E-state index contributed by atoms with van der Waals surface area (Å²) in [5.41, 5.74) is 0. The molecule has 0 aromatic rings. The lowest BCUT2D eigenvalue weighted by Gasteiger charge is -2.36. The molecule has 0 amide bonds. The van der Waals surface area contributed by atoms with Crippen LogP contribution in [0.15, 0.2) is 0 Å². The van der Waals surface area contributed by atoms with Crippen molar-refractivity contribution in [2.45, 2.75) is 37.1 Å². The van der Waals surface area contributed by atoms with Gasteiger partial charge in [-0.25, -0.2) is 0 Å². The summed E-state index contributed by atoms with van der Waals surface area (Å²) in [6.07, 6.45) is 2.08. The first-order chi connectivity index (χ1) is 5.69. The van der Waals surface area contributed by atoms with Gasteiger partial charge in [0.2, 0.25) is 0 Å². The zero-order valence-electron chi connectivity index (χ0n) is 7.69. The molecule has 1 unspecified atom stereocenters. The van der Waals surface area contributed by atoms with Gasteiger partial charge in [0.15, 0.2) is 6.29 Å². The van der Waals surface area contributed by atoms with Crippen molar-refractivity contribution >= 4 is 11.8 Å². The van der Waals surface area contributed by atoms with E-state index in [1.54, 1.807) is 18.9 Å². The van der Waals surface area contributed by atoms with E-state index in [0.29, 0.717) is 6.42 Å². The highest BCUT2D eigenvalue weighted by atomic mass is 32.2. The van der Waals surface area contributed by atoms with Gasteiger partial charge in [0.05, 0.1) is 17.5 Å². The summed E-state index contributed by atoms with van der Waals surface area (Å²) < 4.78 is 10.5. The van der Waals surface area contributed by atoms with Crippen LogP contribution in [0.4, 0.5) is 0 Å². The molecule has 0 radical (unpaired) electrons. The van der Waals surface area contributed by atoms with Crippen LogP contribution in [0.25, 0.3) is 0 Å². The number of rotatable bonds is 2. The monoisotopic (exact) mass is 192 g/mol. The minimum Gasteiger partial charge on any atom is -0.392 e. The molecule has 0 aromatic carbocycles. The van der Waals surface area contributed by atoms with Gasteiger partial charge in [-0.05, 0) is 13.2 Å². The number of aliphatic hydroxyl groups excluding tert-OH is 1. The first-order valence-corrected chi connectivity index (χ1v) is 5.37. The lowest BCUT2D eigenvalue weighted by molar-refractivity contribution is -0.195. The molecule has 1 rings (SSSR count). The molecule has 0 spiro atoms. The van der Waals surface area contributed by atoms with E-state index in [1.807, 2.05) is 13.2 Å². The molecule has 0 saturated carbocycles. The molecular weight excluding hydrogens is 176 g/mol. The molecule has 4 heteroatoms. The van der Waals surface area contributed by atoms with E-state index in [1.165, 1.54) is 0 Å². The smallest absolute Gasteiger partial charge is 0.160 e. The van der Waals surface area contributed by atoms with Gasteiger partial charge < -0.3 is 14.6 Å². The van der Waals surface area contributed by atoms with Crippen LogP contribution >= 0.6 is 11.8 Å². The Kier molecular flexibility index (Phi) is 3.83. The van der Waals surface area contributed by atoms with Gasteiger partial charge in [0.25, 0.3) is 0 Å². The average Bonchev–Trinajstić information content (AvgIpc) is 2.03. The van der Waals surface area contributed by atoms with Crippen molar-refractivity contribution in [1.82, 2.24) is 0 Å². The molecule has 1 N–H and O–H groups in total. The number of methoxy groups -OCH3 is 1. The van der Waals surface area contributed by atoms with Crippen molar-refractivity contribution < 1.29 is 14.6 Å². The fraction of sp³-hybridized carbons (Fsp3) is 1.00. The Morgan fingerprint density at radius 1 is 1.58 bits per heavy atom. The number of aliphatic hydroxyl groups is 1. The fourth-order valence-electron chi connectivity index (χ4n) is 1.52. The van der Waals surface area contributed by atoms with Gasteiger partial charge in [-0.1, -0.05) is 0 Å². The standard InChI is InChI=1S/C8H16O3S/c1-5-8(12-3)6(9)4-7(10-2)11-5/h5-9H,4H2,1-3H3/t5-,6+,7?,8-/m1/s1. The maximum absolute atomic E-state index is 9.66. The first kappa shape index (κ1) is 10.3. The lowest BCUT2D eigenvalue weighted by atomic mass is 10.1. The molecule has 0 bridgehead atoms. The van der Waals surface area contributed by atoms with E-state index >= 15 is 0 Å². The summed E-state index contributed by atoms with van der Waals surface area (Å²) in [6, 6.07) is 0. The minimum atomic E-state index is -0.311. The summed E-state index contributed by atoms with van der Waals surface area (Å²) in [5.74, 6) is 0. The van der Waals surface area contributed by atoms with E-state index in [2.05, 4.69) is 0 Å². The van der Waals surface area contributed by atoms with Gasteiger partial charge in [0.1, 0.15) is 0 Å². The van der Waals surface area contributed by atoms with Crippen molar-refractivity contribution in [3.05, 3.63) is 0 Å². The Morgan fingerprint density at radius 3 is 2.67 bits per heavy atom. The Balaban J connectivity index is 2.51. The maximum Gasteiger partial charge on any atom is 0.160 e. The Labute approximate surface area is 77.4 Å². The fourth-order valence-corrected chi connectivity index (χ4v) is 2.39. The molecule has 3 nitrogen and oxygen atoms in total. The van der Waals surface area contributed by atoms with Crippen molar-refractivity contribution in [2.24, 2.45) is 0 Å². The summed E-state index contributed by atoms with van der Waals surface area (Å²) in [5, 5.41) is 9.84. The van der Waals surface area contributed by atoms with Gasteiger partial charge in [0, 0.05) is 13.5 Å². The molecule has 1 saturated heterocycles. The van der Waals surface area contributed by atoms with Gasteiger partial charge in [-0.2, -0.15) is 11.8 Å². The third kappa shape index (κ3) is 2.13. The highest BCUT2D eigenvalue weighted by Crippen LogP contribution is 2.28. The van der Waals surface area contributed by atoms with Gasteiger partial charge in [-0.15, -0.1) is 0 Å². The van der Waals surface area contributed by atoms with E-state index in [0.717, 1.165) is 0 Å². The highest BCUT2D eigenvalue weighted by Gasteiger charge is 2.34. The molecule has 4 atom stereocenters. The Bertz CT molecular complexity index is 130. The quantitative estimate of drug-likeness (QED) is 0.704. The summed E-state index contributed by atoms with van der Waals surface area (Å²) in [4.78, 5) is 0. The van der Waals surface area contributed by atoms with Crippen LogP contribution in [0.5, 0.6) is 0 Å². The minimum absolute atomic E-state index is 0.0636. The summed E-state index contributed by atoms with van der Waals surface area (Å²) in [6.45, 7) is 1.97. The van der Waals surface area contributed by atoms with Crippen molar-refractivity contribution in [2.75, 3.05) is 13.4 Å². The molecule has 1 fully saturated rings. The molecule has 0 aromatic heterocycles. The summed E-state index contributed by atoms with van der Waals surface area (Å²) >= 11 is 1.64. The number of hydrogen-bond donors (Lipinski definition) is 1. The van der Waals surface area contributed by atoms with Crippen LogP contribution in [-0.4, -0.2) is 42.2 Å². The number of ether oxygens (including phenoxy) is 2. The van der Waals surface area contributed by atoms with Gasteiger partial charge >= 0.3 is 0 Å². The second-order valence-corrected chi connectivity index (χ2v) is 4.03. The maximum atomic E-state index is 9.66. The van der Waals surface area contributed by atoms with E-state index in [9.17, 15) is 5.11 Å². The van der Waals surface area contributed by atoms with Crippen LogP contribution in [0.2, 0.25) is 0 Å². The number of thioether (sulfide) groups is 1. The third-order valence-electron chi connectivity index (χ3n) is 2.18. The van der Waals surface area contributed by atoms with Crippen LogP contribution in [0, 0.1) is 0 Å². The van der Waals surface area contributed by atoms with Crippen molar-refractivity contribution in [3.63, 3.8) is 0 Å². The van der Waals surface area contributed by atoms with E-state index in [-0.39, 0.29) is 23.7 Å². The zero-order chi connectivity index (χ0) is 9.14. The molecular formula is C8H16O3S. The molecule has 1 aliphatic rings. The van der Waals surface area contributed by atoms with Gasteiger partial charge in [-0.3, -0.25) is 0 Å². The predicted molar refractivity (Wildman–Crippen MR) is 49.3 cm³/mol. The van der Waals surface area contributed by atoms with E-state index in [4.69, 9.17) is 9.47 Å². The molecule has 72 valence electrons. The predicted octanol–water partition coefficient (Wildman–Crippen LogP) is 0.860. The lowest BCUT2D eigenvalue weighted by Crippen LogP contribution is -2.45. The van der Waals surface area contributed by atoms with Crippen molar-refractivity contribution in [1.29, 1.82) is 0 Å². The molecule has 0 aliphatic carbocycles. The number of hydrogen-bond acceptors (Lipinski definition) is 4. The Morgan fingerprint density at radius 2 is 2.25 bits per heavy atom. The Hall–Kier alpha value is 0.230. The largest absolute Gasteiger partial charge is 0.392 e. The van der Waals surface area contributed by atoms with E-state index < -0.39 is 0 Å². The normalized spacial score (nSPS) is 43.0. The van der Waals surface area contributed by atoms with Crippen LogP contribution in [-0.2, 0) is 9.47 Å².